The van der Waals surface area contributed by atoms with Crippen LogP contribution in [0.3, 0.4) is 0 Å². The summed E-state index contributed by atoms with van der Waals surface area (Å²) in [5.74, 6) is -0.260. The van der Waals surface area contributed by atoms with Crippen LogP contribution >= 0.6 is 11.8 Å². The van der Waals surface area contributed by atoms with E-state index in [0.717, 1.165) is 30.6 Å². The van der Waals surface area contributed by atoms with E-state index in [1.165, 1.54) is 12.1 Å². The second-order valence-electron chi connectivity index (χ2n) is 5.94. The van der Waals surface area contributed by atoms with E-state index < -0.39 is 10.0 Å². The Bertz CT molecular complexity index is 763. The van der Waals surface area contributed by atoms with E-state index in [-0.39, 0.29) is 17.1 Å². The zero-order chi connectivity index (χ0) is 17.0. The van der Waals surface area contributed by atoms with Crippen LogP contribution in [0.1, 0.15) is 25.7 Å². The molecule has 0 aromatic heterocycles. The van der Waals surface area contributed by atoms with E-state index in [0.29, 0.717) is 4.90 Å². The second-order valence-corrected chi connectivity index (χ2v) is 8.96. The standard InChI is InChI=1S/C18H20FNO2S2/c19-14-10-12-15(13-11-14)23-18-9-5-4-8-17(18)20-24(21,22)16-6-2-1-3-7-16/h1-3,6-7,10-13,17-18,20H,4-5,8-9H2/t17-,18-/m0/s1. The molecule has 0 bridgehead atoms. The third kappa shape index (κ3) is 4.37. The van der Waals surface area contributed by atoms with Crippen LogP contribution in [-0.4, -0.2) is 19.7 Å². The Labute approximate surface area is 146 Å². The van der Waals surface area contributed by atoms with Crippen LogP contribution in [0.4, 0.5) is 4.39 Å². The van der Waals surface area contributed by atoms with Crippen LogP contribution in [-0.2, 0) is 10.0 Å². The van der Waals surface area contributed by atoms with Crippen molar-refractivity contribution in [3.05, 3.63) is 60.4 Å². The molecule has 24 heavy (non-hydrogen) atoms. The van der Waals surface area contributed by atoms with Crippen LogP contribution < -0.4 is 4.72 Å². The quantitative estimate of drug-likeness (QED) is 0.863. The minimum atomic E-state index is -3.52. The number of halogens is 1. The molecule has 6 heteroatoms. The molecule has 1 aliphatic rings. The molecule has 1 fully saturated rings. The number of sulfonamides is 1. The summed E-state index contributed by atoms with van der Waals surface area (Å²) in [6, 6.07) is 14.7. The molecule has 3 rings (SSSR count). The third-order valence-electron chi connectivity index (χ3n) is 4.16. The van der Waals surface area contributed by atoms with Crippen molar-refractivity contribution in [2.75, 3.05) is 0 Å². The summed E-state index contributed by atoms with van der Waals surface area (Å²) in [7, 11) is -3.52. The molecule has 128 valence electrons. The Hall–Kier alpha value is -1.37. The lowest BCUT2D eigenvalue weighted by atomic mass is 9.96. The molecule has 0 heterocycles. The summed E-state index contributed by atoms with van der Waals surface area (Å²) >= 11 is 1.62. The van der Waals surface area contributed by atoms with E-state index in [1.54, 1.807) is 54.2 Å². The molecule has 3 nitrogen and oxygen atoms in total. The Morgan fingerprint density at radius 2 is 1.62 bits per heavy atom. The highest BCUT2D eigenvalue weighted by atomic mass is 32.2. The first-order valence-corrected chi connectivity index (χ1v) is 10.4. The Kier molecular flexibility index (Phi) is 5.58. The molecule has 2 aromatic carbocycles. The fourth-order valence-electron chi connectivity index (χ4n) is 2.93. The first-order chi connectivity index (χ1) is 11.5. The van der Waals surface area contributed by atoms with Crippen molar-refractivity contribution in [2.45, 2.75) is 46.8 Å². The van der Waals surface area contributed by atoms with Crippen LogP contribution in [0.25, 0.3) is 0 Å². The monoisotopic (exact) mass is 365 g/mol. The highest BCUT2D eigenvalue weighted by molar-refractivity contribution is 8.00. The van der Waals surface area contributed by atoms with Crippen LogP contribution in [0.2, 0.25) is 0 Å². The number of hydrogen-bond donors (Lipinski definition) is 1. The van der Waals surface area contributed by atoms with Gasteiger partial charge in [0.15, 0.2) is 0 Å². The Morgan fingerprint density at radius 3 is 2.33 bits per heavy atom. The zero-order valence-corrected chi connectivity index (χ0v) is 14.8. The zero-order valence-electron chi connectivity index (χ0n) is 13.2. The predicted octanol–water partition coefficient (Wildman–Crippen LogP) is 4.21. The van der Waals surface area contributed by atoms with Gasteiger partial charge >= 0.3 is 0 Å². The molecule has 1 saturated carbocycles. The van der Waals surface area contributed by atoms with E-state index in [1.807, 2.05) is 0 Å². The smallest absolute Gasteiger partial charge is 0.207 e. The van der Waals surface area contributed by atoms with Gasteiger partial charge in [-0.3, -0.25) is 0 Å². The lowest BCUT2D eigenvalue weighted by Crippen LogP contribution is -2.43. The van der Waals surface area contributed by atoms with Gasteiger partial charge in [-0.15, -0.1) is 11.8 Å². The maximum atomic E-state index is 13.1. The highest BCUT2D eigenvalue weighted by Crippen LogP contribution is 2.34. The summed E-state index contributed by atoms with van der Waals surface area (Å²) in [5.41, 5.74) is 0. The first-order valence-electron chi connectivity index (χ1n) is 8.04. The van der Waals surface area contributed by atoms with Crippen LogP contribution in [0, 0.1) is 5.82 Å². The van der Waals surface area contributed by atoms with Gasteiger partial charge in [-0.25, -0.2) is 17.5 Å². The summed E-state index contributed by atoms with van der Waals surface area (Å²) in [6.45, 7) is 0. The summed E-state index contributed by atoms with van der Waals surface area (Å²) < 4.78 is 41.1. The highest BCUT2D eigenvalue weighted by Gasteiger charge is 2.30. The maximum absolute atomic E-state index is 13.1. The molecule has 1 N–H and O–H groups in total. The SMILES string of the molecule is O=S(=O)(N[C@H]1CCCC[C@@H]1Sc1ccc(F)cc1)c1ccccc1. The molecule has 0 spiro atoms. The number of thioether (sulfide) groups is 1. The minimum Gasteiger partial charge on any atom is -0.207 e. The molecule has 2 aromatic rings. The van der Waals surface area contributed by atoms with E-state index in [4.69, 9.17) is 0 Å². The van der Waals surface area contributed by atoms with E-state index >= 15 is 0 Å². The van der Waals surface area contributed by atoms with Gasteiger partial charge in [0.1, 0.15) is 5.82 Å². The van der Waals surface area contributed by atoms with Gasteiger partial charge in [0.25, 0.3) is 0 Å². The maximum Gasteiger partial charge on any atom is 0.240 e. The Balaban J connectivity index is 1.74. The normalized spacial score (nSPS) is 21.5. The molecular formula is C18H20FNO2S2. The molecule has 0 aliphatic heterocycles. The van der Waals surface area contributed by atoms with Crippen LogP contribution in [0.5, 0.6) is 0 Å². The van der Waals surface area contributed by atoms with Crippen LogP contribution in [0.15, 0.2) is 64.4 Å². The van der Waals surface area contributed by atoms with Crippen molar-refractivity contribution in [1.82, 2.24) is 4.72 Å². The van der Waals surface area contributed by atoms with Crippen molar-refractivity contribution >= 4 is 21.8 Å². The largest absolute Gasteiger partial charge is 0.240 e. The second kappa shape index (κ2) is 7.68. The van der Waals surface area contributed by atoms with Gasteiger partial charge in [-0.2, -0.15) is 0 Å². The fraction of sp³-hybridized carbons (Fsp3) is 0.333. The average molecular weight is 365 g/mol. The molecular weight excluding hydrogens is 345 g/mol. The molecule has 0 amide bonds. The predicted molar refractivity (Wildman–Crippen MR) is 95.1 cm³/mol. The van der Waals surface area contributed by atoms with Crippen molar-refractivity contribution in [3.8, 4) is 0 Å². The molecule has 2 atom stereocenters. The number of hydrogen-bond acceptors (Lipinski definition) is 3. The Morgan fingerprint density at radius 1 is 0.958 bits per heavy atom. The topological polar surface area (TPSA) is 46.2 Å². The third-order valence-corrected chi connectivity index (χ3v) is 7.08. The number of benzene rings is 2. The van der Waals surface area contributed by atoms with Crippen molar-refractivity contribution in [2.24, 2.45) is 0 Å². The molecule has 0 saturated heterocycles. The van der Waals surface area contributed by atoms with E-state index in [2.05, 4.69) is 4.72 Å². The van der Waals surface area contributed by atoms with Gasteiger partial charge in [0.2, 0.25) is 10.0 Å². The van der Waals surface area contributed by atoms with Gasteiger partial charge in [0, 0.05) is 16.2 Å². The summed E-state index contributed by atoms with van der Waals surface area (Å²) in [6.07, 6.45) is 3.87. The fourth-order valence-corrected chi connectivity index (χ4v) is 5.64. The van der Waals surface area contributed by atoms with Gasteiger partial charge in [-0.1, -0.05) is 31.0 Å². The first kappa shape index (κ1) is 17.5. The lowest BCUT2D eigenvalue weighted by Gasteiger charge is -2.31. The minimum absolute atomic E-state index is 0.112. The molecule has 0 radical (unpaired) electrons. The number of nitrogens with one attached hydrogen (secondary N) is 1. The summed E-state index contributed by atoms with van der Waals surface area (Å²) in [4.78, 5) is 1.26. The summed E-state index contributed by atoms with van der Waals surface area (Å²) in [5, 5.41) is 0.155. The lowest BCUT2D eigenvalue weighted by molar-refractivity contribution is 0.423. The number of rotatable bonds is 5. The molecule has 0 unspecified atom stereocenters. The average Bonchev–Trinajstić information content (AvgIpc) is 2.59. The van der Waals surface area contributed by atoms with Gasteiger partial charge in [-0.05, 0) is 49.2 Å². The van der Waals surface area contributed by atoms with Crippen molar-refractivity contribution in [3.63, 3.8) is 0 Å². The molecule has 1 aliphatic carbocycles. The van der Waals surface area contributed by atoms with Gasteiger partial charge < -0.3 is 0 Å². The van der Waals surface area contributed by atoms with Crippen molar-refractivity contribution < 1.29 is 12.8 Å². The van der Waals surface area contributed by atoms with Gasteiger partial charge in [0.05, 0.1) is 4.90 Å². The van der Waals surface area contributed by atoms with Crippen molar-refractivity contribution in [1.29, 1.82) is 0 Å². The van der Waals surface area contributed by atoms with E-state index in [9.17, 15) is 12.8 Å².